The molecule has 1 saturated heterocycles. The molecule has 19 heavy (non-hydrogen) atoms. The van der Waals surface area contributed by atoms with Gasteiger partial charge in [0.05, 0.1) is 6.61 Å². The smallest absolute Gasteiger partial charge is 0.168 e. The lowest BCUT2D eigenvalue weighted by Gasteiger charge is -2.32. The lowest BCUT2D eigenvalue weighted by Crippen LogP contribution is -2.40. The molecule has 1 fully saturated rings. The number of ketones is 1. The molecule has 0 atom stereocenters. The van der Waals surface area contributed by atoms with Gasteiger partial charge in [0.15, 0.2) is 5.78 Å². The second-order valence-electron chi connectivity index (χ2n) is 5.51. The third-order valence-corrected chi connectivity index (χ3v) is 3.84. The van der Waals surface area contributed by atoms with Crippen molar-refractivity contribution in [1.82, 2.24) is 5.32 Å². The van der Waals surface area contributed by atoms with Crippen LogP contribution in [0.5, 0.6) is 5.75 Å². The van der Waals surface area contributed by atoms with Crippen LogP contribution in [0.1, 0.15) is 43.5 Å². The van der Waals surface area contributed by atoms with Gasteiger partial charge in [-0.1, -0.05) is 13.8 Å². The number of hydrogen-bond donors (Lipinski definition) is 1. The zero-order valence-corrected chi connectivity index (χ0v) is 11.9. The van der Waals surface area contributed by atoms with Gasteiger partial charge in [-0.05, 0) is 56.6 Å². The van der Waals surface area contributed by atoms with Gasteiger partial charge in [0.1, 0.15) is 5.75 Å². The maximum atomic E-state index is 12.6. The van der Waals surface area contributed by atoms with Crippen molar-refractivity contribution in [3.8, 4) is 5.75 Å². The Morgan fingerprint density at radius 3 is 2.47 bits per heavy atom. The Labute approximate surface area is 115 Å². The molecule has 1 aromatic carbocycles. The van der Waals surface area contributed by atoms with Crippen molar-refractivity contribution >= 4 is 5.78 Å². The maximum absolute atomic E-state index is 12.6. The van der Waals surface area contributed by atoms with Crippen LogP contribution in [0.2, 0.25) is 0 Å². The minimum absolute atomic E-state index is 0.211. The molecule has 1 aliphatic heterocycles. The molecular weight excluding hydrogens is 238 g/mol. The van der Waals surface area contributed by atoms with Gasteiger partial charge in [-0.25, -0.2) is 0 Å². The summed E-state index contributed by atoms with van der Waals surface area (Å²) in [5.41, 5.74) is 0.588. The van der Waals surface area contributed by atoms with E-state index in [1.165, 1.54) is 0 Å². The predicted molar refractivity (Wildman–Crippen MR) is 76.8 cm³/mol. The minimum atomic E-state index is -0.211. The minimum Gasteiger partial charge on any atom is -0.494 e. The summed E-state index contributed by atoms with van der Waals surface area (Å²) >= 11 is 0. The first-order valence-electron chi connectivity index (χ1n) is 7.14. The fourth-order valence-corrected chi connectivity index (χ4v) is 2.48. The van der Waals surface area contributed by atoms with E-state index in [0.29, 0.717) is 0 Å². The van der Waals surface area contributed by atoms with Crippen LogP contribution >= 0.6 is 0 Å². The van der Waals surface area contributed by atoms with E-state index in [1.54, 1.807) is 0 Å². The van der Waals surface area contributed by atoms with Crippen LogP contribution in [-0.4, -0.2) is 25.5 Å². The normalized spacial score (nSPS) is 18.0. The van der Waals surface area contributed by atoms with Gasteiger partial charge >= 0.3 is 0 Å². The second-order valence-corrected chi connectivity index (χ2v) is 5.51. The Bertz CT molecular complexity index is 419. The van der Waals surface area contributed by atoms with Gasteiger partial charge in [-0.3, -0.25) is 4.79 Å². The number of benzene rings is 1. The molecule has 0 amide bonds. The largest absolute Gasteiger partial charge is 0.494 e. The standard InChI is InChI=1S/C16H23NO2/c1-3-12-19-14-6-4-13(5-7-14)15(18)16(2)8-10-17-11-9-16/h4-7,17H,3,8-12H2,1-2H3. The summed E-state index contributed by atoms with van der Waals surface area (Å²) in [6.45, 7) is 6.74. The first-order valence-corrected chi connectivity index (χ1v) is 7.14. The van der Waals surface area contributed by atoms with E-state index in [0.717, 1.165) is 50.3 Å². The lowest BCUT2D eigenvalue weighted by molar-refractivity contribution is 0.0762. The highest BCUT2D eigenvalue weighted by Gasteiger charge is 2.34. The van der Waals surface area contributed by atoms with Crippen LogP contribution in [0.25, 0.3) is 0 Å². The molecule has 0 unspecified atom stereocenters. The average molecular weight is 261 g/mol. The maximum Gasteiger partial charge on any atom is 0.168 e. The molecule has 1 aliphatic rings. The third-order valence-electron chi connectivity index (χ3n) is 3.84. The van der Waals surface area contributed by atoms with Crippen LogP contribution in [0.3, 0.4) is 0 Å². The van der Waals surface area contributed by atoms with E-state index in [2.05, 4.69) is 19.2 Å². The fourth-order valence-electron chi connectivity index (χ4n) is 2.48. The molecule has 0 saturated carbocycles. The number of nitrogens with one attached hydrogen (secondary N) is 1. The number of carbonyl (C=O) groups excluding carboxylic acids is 1. The molecule has 0 bridgehead atoms. The molecule has 0 spiro atoms. The van der Waals surface area contributed by atoms with Crippen LogP contribution in [0.4, 0.5) is 0 Å². The molecule has 0 aliphatic carbocycles. The molecule has 3 nitrogen and oxygen atoms in total. The quantitative estimate of drug-likeness (QED) is 0.828. The summed E-state index contributed by atoms with van der Waals surface area (Å²) in [5.74, 6) is 1.10. The number of piperidine rings is 1. The summed E-state index contributed by atoms with van der Waals surface area (Å²) in [7, 11) is 0. The van der Waals surface area contributed by atoms with Gasteiger partial charge < -0.3 is 10.1 Å². The molecule has 0 radical (unpaired) electrons. The van der Waals surface area contributed by atoms with Crippen molar-refractivity contribution in [2.75, 3.05) is 19.7 Å². The van der Waals surface area contributed by atoms with Gasteiger partial charge in [0, 0.05) is 11.0 Å². The van der Waals surface area contributed by atoms with E-state index >= 15 is 0 Å². The second kappa shape index (κ2) is 6.20. The van der Waals surface area contributed by atoms with Crippen LogP contribution in [0.15, 0.2) is 24.3 Å². The van der Waals surface area contributed by atoms with Crippen molar-refractivity contribution in [3.05, 3.63) is 29.8 Å². The zero-order chi connectivity index (χ0) is 13.7. The number of rotatable bonds is 5. The van der Waals surface area contributed by atoms with Crippen molar-refractivity contribution in [2.45, 2.75) is 33.1 Å². The van der Waals surface area contributed by atoms with E-state index < -0.39 is 0 Å². The summed E-state index contributed by atoms with van der Waals surface area (Å²) in [4.78, 5) is 12.6. The van der Waals surface area contributed by atoms with Gasteiger partial charge in [-0.2, -0.15) is 0 Å². The fraction of sp³-hybridized carbons (Fsp3) is 0.562. The van der Waals surface area contributed by atoms with E-state index in [-0.39, 0.29) is 11.2 Å². The van der Waals surface area contributed by atoms with Crippen LogP contribution in [0, 0.1) is 5.41 Å². The van der Waals surface area contributed by atoms with Gasteiger partial charge in [0.25, 0.3) is 0 Å². The monoisotopic (exact) mass is 261 g/mol. The molecule has 2 rings (SSSR count). The van der Waals surface area contributed by atoms with Crippen molar-refractivity contribution in [2.24, 2.45) is 5.41 Å². The SMILES string of the molecule is CCCOc1ccc(C(=O)C2(C)CCNCC2)cc1. The zero-order valence-electron chi connectivity index (χ0n) is 11.9. The number of carbonyl (C=O) groups is 1. The summed E-state index contributed by atoms with van der Waals surface area (Å²) in [6, 6.07) is 7.57. The topological polar surface area (TPSA) is 38.3 Å². The summed E-state index contributed by atoms with van der Waals surface area (Å²) in [5, 5.41) is 3.31. The Balaban J connectivity index is 2.06. The Kier molecular flexibility index (Phi) is 4.59. The van der Waals surface area contributed by atoms with E-state index in [9.17, 15) is 4.79 Å². The third kappa shape index (κ3) is 3.35. The molecule has 1 heterocycles. The Morgan fingerprint density at radius 2 is 1.89 bits per heavy atom. The predicted octanol–water partition coefficient (Wildman–Crippen LogP) is 3.05. The molecule has 3 heteroatoms. The molecule has 0 aromatic heterocycles. The molecular formula is C16H23NO2. The van der Waals surface area contributed by atoms with E-state index in [4.69, 9.17) is 4.74 Å². The molecule has 1 aromatic rings. The van der Waals surface area contributed by atoms with Crippen LogP contribution in [-0.2, 0) is 0 Å². The molecule has 1 N–H and O–H groups in total. The number of hydrogen-bond acceptors (Lipinski definition) is 3. The number of ether oxygens (including phenoxy) is 1. The Morgan fingerprint density at radius 1 is 1.26 bits per heavy atom. The van der Waals surface area contributed by atoms with Crippen molar-refractivity contribution in [3.63, 3.8) is 0 Å². The first kappa shape index (κ1) is 14.1. The first-order chi connectivity index (χ1) is 9.15. The molecule has 104 valence electrons. The highest BCUT2D eigenvalue weighted by Crippen LogP contribution is 2.32. The van der Waals surface area contributed by atoms with Crippen LogP contribution < -0.4 is 10.1 Å². The summed E-state index contributed by atoms with van der Waals surface area (Å²) < 4.78 is 5.54. The van der Waals surface area contributed by atoms with Gasteiger partial charge in [0.2, 0.25) is 0 Å². The lowest BCUT2D eigenvalue weighted by atomic mass is 9.75. The highest BCUT2D eigenvalue weighted by atomic mass is 16.5. The van der Waals surface area contributed by atoms with Crippen molar-refractivity contribution < 1.29 is 9.53 Å². The van der Waals surface area contributed by atoms with E-state index in [1.807, 2.05) is 24.3 Å². The number of Topliss-reactive ketones (excluding diaryl/α,β-unsaturated/α-hetero) is 1. The average Bonchev–Trinajstić information content (AvgIpc) is 2.46. The highest BCUT2D eigenvalue weighted by molar-refractivity contribution is 6.00. The Hall–Kier alpha value is -1.35. The van der Waals surface area contributed by atoms with Gasteiger partial charge in [-0.15, -0.1) is 0 Å². The van der Waals surface area contributed by atoms with Crippen molar-refractivity contribution in [1.29, 1.82) is 0 Å². The summed E-state index contributed by atoms with van der Waals surface area (Å²) in [6.07, 6.45) is 2.82.